The number of thioether (sulfide) groups is 1. The highest BCUT2D eigenvalue weighted by Crippen LogP contribution is 2.31. The number of carboxylic acids is 1. The first-order valence-corrected chi connectivity index (χ1v) is 7.31. The standard InChI is InChI=1S/C13H18N2O2S/c1-2-18-10-4-3-9(7-10)15-12-8-14-6-5-11(12)13(16)17/h5-6,8-10,15H,2-4,7H2,1H3,(H,16,17). The van der Waals surface area contributed by atoms with Crippen LogP contribution in [0.25, 0.3) is 0 Å². The highest BCUT2D eigenvalue weighted by molar-refractivity contribution is 7.99. The molecule has 5 heteroatoms. The number of carboxylic acid groups (broad SMARTS) is 1. The topological polar surface area (TPSA) is 62.2 Å². The van der Waals surface area contributed by atoms with E-state index in [0.717, 1.165) is 18.6 Å². The van der Waals surface area contributed by atoms with Crippen LogP contribution in [0.5, 0.6) is 0 Å². The minimum absolute atomic E-state index is 0.302. The van der Waals surface area contributed by atoms with E-state index in [0.29, 0.717) is 22.5 Å². The molecule has 0 aromatic carbocycles. The van der Waals surface area contributed by atoms with Gasteiger partial charge in [0.2, 0.25) is 0 Å². The summed E-state index contributed by atoms with van der Waals surface area (Å²) in [5.41, 5.74) is 0.939. The maximum absolute atomic E-state index is 11.1. The van der Waals surface area contributed by atoms with Crippen LogP contribution in [0.1, 0.15) is 36.5 Å². The van der Waals surface area contributed by atoms with Crippen LogP contribution in [0.2, 0.25) is 0 Å². The number of nitrogens with one attached hydrogen (secondary N) is 1. The number of hydrogen-bond acceptors (Lipinski definition) is 4. The molecule has 1 heterocycles. The molecule has 1 aliphatic rings. The summed E-state index contributed by atoms with van der Waals surface area (Å²) in [6.07, 6.45) is 6.53. The smallest absolute Gasteiger partial charge is 0.337 e. The van der Waals surface area contributed by atoms with E-state index in [1.165, 1.54) is 18.7 Å². The zero-order valence-electron chi connectivity index (χ0n) is 10.4. The van der Waals surface area contributed by atoms with Gasteiger partial charge in [0.15, 0.2) is 0 Å². The van der Waals surface area contributed by atoms with Crippen LogP contribution < -0.4 is 5.32 Å². The van der Waals surface area contributed by atoms with Crippen LogP contribution in [0.15, 0.2) is 18.5 Å². The van der Waals surface area contributed by atoms with Crippen molar-refractivity contribution in [3.63, 3.8) is 0 Å². The summed E-state index contributed by atoms with van der Waals surface area (Å²) in [6, 6.07) is 1.91. The third-order valence-corrected chi connectivity index (χ3v) is 4.43. The van der Waals surface area contributed by atoms with E-state index in [2.05, 4.69) is 17.2 Å². The number of aromatic nitrogens is 1. The lowest BCUT2D eigenvalue weighted by Gasteiger charge is -2.15. The van der Waals surface area contributed by atoms with Crippen molar-refractivity contribution in [2.75, 3.05) is 11.1 Å². The number of anilines is 1. The Morgan fingerprint density at radius 2 is 2.44 bits per heavy atom. The first-order chi connectivity index (χ1) is 8.70. The van der Waals surface area contributed by atoms with Gasteiger partial charge in [0, 0.05) is 17.5 Å². The maximum atomic E-state index is 11.1. The fraction of sp³-hybridized carbons (Fsp3) is 0.538. The van der Waals surface area contributed by atoms with Crippen molar-refractivity contribution >= 4 is 23.4 Å². The highest BCUT2D eigenvalue weighted by atomic mass is 32.2. The van der Waals surface area contributed by atoms with Crippen LogP contribution in [-0.2, 0) is 0 Å². The quantitative estimate of drug-likeness (QED) is 0.858. The van der Waals surface area contributed by atoms with Crippen LogP contribution in [0, 0.1) is 0 Å². The van der Waals surface area contributed by atoms with E-state index < -0.39 is 5.97 Å². The van der Waals surface area contributed by atoms with Gasteiger partial charge >= 0.3 is 5.97 Å². The van der Waals surface area contributed by atoms with E-state index in [9.17, 15) is 4.79 Å². The molecule has 18 heavy (non-hydrogen) atoms. The molecule has 2 atom stereocenters. The van der Waals surface area contributed by atoms with Gasteiger partial charge in [-0.25, -0.2) is 4.79 Å². The van der Waals surface area contributed by atoms with Gasteiger partial charge in [-0.15, -0.1) is 0 Å². The Kier molecular flexibility index (Phi) is 4.47. The lowest BCUT2D eigenvalue weighted by molar-refractivity contribution is 0.0698. The second kappa shape index (κ2) is 6.09. The molecule has 1 fully saturated rings. The van der Waals surface area contributed by atoms with Crippen molar-refractivity contribution < 1.29 is 9.90 Å². The monoisotopic (exact) mass is 266 g/mol. The number of hydrogen-bond donors (Lipinski definition) is 2. The number of pyridine rings is 1. The van der Waals surface area contributed by atoms with Crippen molar-refractivity contribution in [3.05, 3.63) is 24.0 Å². The molecule has 1 aliphatic carbocycles. The van der Waals surface area contributed by atoms with Crippen LogP contribution in [-0.4, -0.2) is 33.1 Å². The molecule has 1 aromatic rings. The van der Waals surface area contributed by atoms with Gasteiger partial charge in [-0.3, -0.25) is 4.98 Å². The van der Waals surface area contributed by atoms with Gasteiger partial charge < -0.3 is 10.4 Å². The highest BCUT2D eigenvalue weighted by Gasteiger charge is 2.25. The lowest BCUT2D eigenvalue weighted by Crippen LogP contribution is -2.18. The van der Waals surface area contributed by atoms with Gasteiger partial charge in [-0.1, -0.05) is 6.92 Å². The third kappa shape index (κ3) is 3.16. The van der Waals surface area contributed by atoms with Crippen LogP contribution >= 0.6 is 11.8 Å². The van der Waals surface area contributed by atoms with Crippen molar-refractivity contribution in [3.8, 4) is 0 Å². The fourth-order valence-corrected chi connectivity index (χ4v) is 3.52. The molecule has 98 valence electrons. The van der Waals surface area contributed by atoms with Gasteiger partial charge in [0.25, 0.3) is 0 Å². The fourth-order valence-electron chi connectivity index (χ4n) is 2.37. The molecule has 2 rings (SSSR count). The summed E-state index contributed by atoms with van der Waals surface area (Å²) in [5, 5.41) is 13.1. The Bertz CT molecular complexity index is 425. The van der Waals surface area contributed by atoms with Gasteiger partial charge in [-0.05, 0) is 31.1 Å². The normalized spacial score (nSPS) is 22.9. The lowest BCUT2D eigenvalue weighted by atomic mass is 10.2. The number of nitrogens with zero attached hydrogens (tertiary/aromatic N) is 1. The average molecular weight is 266 g/mol. The minimum Gasteiger partial charge on any atom is -0.478 e. The van der Waals surface area contributed by atoms with Crippen molar-refractivity contribution in [2.45, 2.75) is 37.5 Å². The average Bonchev–Trinajstić information content (AvgIpc) is 2.77. The van der Waals surface area contributed by atoms with Crippen LogP contribution in [0.4, 0.5) is 5.69 Å². The molecular weight excluding hydrogens is 248 g/mol. The summed E-state index contributed by atoms with van der Waals surface area (Å²) in [4.78, 5) is 15.1. The van der Waals surface area contributed by atoms with Crippen molar-refractivity contribution in [1.29, 1.82) is 0 Å². The molecule has 0 bridgehead atoms. The molecule has 2 unspecified atom stereocenters. The molecule has 0 radical (unpaired) electrons. The Morgan fingerprint density at radius 1 is 1.61 bits per heavy atom. The summed E-state index contributed by atoms with van der Waals surface area (Å²) < 4.78 is 0. The molecule has 0 amide bonds. The summed E-state index contributed by atoms with van der Waals surface area (Å²) >= 11 is 1.99. The van der Waals surface area contributed by atoms with Gasteiger partial charge in [0.05, 0.1) is 17.4 Å². The van der Waals surface area contributed by atoms with E-state index in [1.54, 1.807) is 6.20 Å². The Hall–Kier alpha value is -1.23. The minimum atomic E-state index is -0.905. The SMILES string of the molecule is CCSC1CCC(Nc2cnccc2C(=O)O)C1. The predicted molar refractivity (Wildman–Crippen MR) is 74.4 cm³/mol. The first-order valence-electron chi connectivity index (χ1n) is 6.26. The van der Waals surface area contributed by atoms with Crippen LogP contribution in [0.3, 0.4) is 0 Å². The van der Waals surface area contributed by atoms with E-state index in [-0.39, 0.29) is 0 Å². The summed E-state index contributed by atoms with van der Waals surface area (Å²) in [5.74, 6) is 0.238. The zero-order valence-corrected chi connectivity index (χ0v) is 11.2. The van der Waals surface area contributed by atoms with E-state index >= 15 is 0 Å². The Labute approximate surface area is 111 Å². The molecule has 4 nitrogen and oxygen atoms in total. The second-order valence-corrected chi connectivity index (χ2v) is 6.04. The van der Waals surface area contributed by atoms with E-state index in [4.69, 9.17) is 5.11 Å². The molecule has 2 N–H and O–H groups in total. The number of carbonyl (C=O) groups is 1. The largest absolute Gasteiger partial charge is 0.478 e. The van der Waals surface area contributed by atoms with Gasteiger partial charge in [-0.2, -0.15) is 11.8 Å². The Balaban J connectivity index is 2.00. The second-order valence-electron chi connectivity index (χ2n) is 4.46. The maximum Gasteiger partial charge on any atom is 0.337 e. The predicted octanol–water partition coefficient (Wildman–Crippen LogP) is 2.87. The number of aromatic carboxylic acids is 1. The van der Waals surface area contributed by atoms with E-state index in [1.807, 2.05) is 11.8 Å². The molecule has 0 saturated heterocycles. The molecule has 0 spiro atoms. The zero-order chi connectivity index (χ0) is 13.0. The Morgan fingerprint density at radius 3 is 3.17 bits per heavy atom. The molecule has 1 aromatic heterocycles. The molecule has 1 saturated carbocycles. The van der Waals surface area contributed by atoms with Gasteiger partial charge in [0.1, 0.15) is 0 Å². The molecular formula is C13H18N2O2S. The van der Waals surface area contributed by atoms with Crippen molar-refractivity contribution in [1.82, 2.24) is 4.98 Å². The number of rotatable bonds is 5. The summed E-state index contributed by atoms with van der Waals surface area (Å²) in [7, 11) is 0. The molecule has 0 aliphatic heterocycles. The van der Waals surface area contributed by atoms with Crippen molar-refractivity contribution in [2.24, 2.45) is 0 Å². The summed E-state index contributed by atoms with van der Waals surface area (Å²) in [6.45, 7) is 2.18. The first kappa shape index (κ1) is 13.2. The third-order valence-electron chi connectivity index (χ3n) is 3.20.